The van der Waals surface area contributed by atoms with E-state index in [9.17, 15) is 0 Å². The molecule has 0 spiro atoms. The van der Waals surface area contributed by atoms with Crippen molar-refractivity contribution in [1.82, 2.24) is 4.67 Å². The van der Waals surface area contributed by atoms with E-state index >= 15 is 0 Å². The quantitative estimate of drug-likeness (QED) is 0.791. The van der Waals surface area contributed by atoms with Crippen LogP contribution >= 0.6 is 6.64 Å². The topological polar surface area (TPSA) is 21.7 Å². The second-order valence-corrected chi connectivity index (χ2v) is 7.65. The third-order valence-electron chi connectivity index (χ3n) is 3.33. The molecule has 0 bridgehead atoms. The number of benzene rings is 2. The molecule has 0 atom stereocenters. The predicted molar refractivity (Wildman–Crippen MR) is 82.4 cm³/mol. The van der Waals surface area contributed by atoms with E-state index in [0.717, 1.165) is 35.4 Å². The van der Waals surface area contributed by atoms with Crippen molar-refractivity contribution in [3.05, 3.63) is 36.4 Å². The molecule has 0 fully saturated rings. The molecule has 0 saturated carbocycles. The minimum absolute atomic E-state index is 0.825. The smallest absolute Gasteiger partial charge is 0.368 e. The zero-order chi connectivity index (χ0) is 13.5. The molecule has 1 aliphatic heterocycles. The summed E-state index contributed by atoms with van der Waals surface area (Å²) < 4.78 is 14.2. The molecule has 1 aliphatic rings. The molecule has 0 radical (unpaired) electrons. The summed E-state index contributed by atoms with van der Waals surface area (Å²) >= 11 is 5.69. The van der Waals surface area contributed by atoms with Crippen molar-refractivity contribution in [2.24, 2.45) is 0 Å². The fourth-order valence-electron chi connectivity index (χ4n) is 2.38. The summed E-state index contributed by atoms with van der Waals surface area (Å²) in [5, 5.41) is 2.15. The monoisotopic (exact) mass is 293 g/mol. The summed E-state index contributed by atoms with van der Waals surface area (Å²) in [4.78, 5) is 0. The Morgan fingerprint density at radius 1 is 1.00 bits per heavy atom. The van der Waals surface area contributed by atoms with Gasteiger partial charge < -0.3 is 9.05 Å². The summed E-state index contributed by atoms with van der Waals surface area (Å²) in [6, 6.07) is 12.0. The van der Waals surface area contributed by atoms with Crippen LogP contribution in [-0.4, -0.2) is 17.8 Å². The Kier molecular flexibility index (Phi) is 3.25. The van der Waals surface area contributed by atoms with Gasteiger partial charge >= 0.3 is 6.64 Å². The van der Waals surface area contributed by atoms with Crippen LogP contribution in [0.5, 0.6) is 11.5 Å². The van der Waals surface area contributed by atoms with Gasteiger partial charge in [-0.2, -0.15) is 0 Å². The van der Waals surface area contributed by atoms with Crippen molar-refractivity contribution >= 4 is 29.2 Å². The van der Waals surface area contributed by atoms with E-state index < -0.39 is 6.64 Å². The van der Waals surface area contributed by atoms with E-state index in [1.54, 1.807) is 0 Å². The maximum absolute atomic E-state index is 6.07. The Balaban J connectivity index is 2.15. The number of rotatable bonds is 3. The first kappa shape index (κ1) is 12.9. The highest BCUT2D eigenvalue weighted by molar-refractivity contribution is 8.09. The standard InChI is InChI=1S/C14H16NO2PS/c1-3-15(4-2)18(19)16-12-9-5-7-11-8-6-10-13(17-18)14(11)12/h5-10H,3-4H2,1-2H3. The lowest BCUT2D eigenvalue weighted by Gasteiger charge is -2.35. The maximum atomic E-state index is 6.07. The van der Waals surface area contributed by atoms with Crippen molar-refractivity contribution in [3.63, 3.8) is 0 Å². The molecule has 0 aliphatic carbocycles. The first-order chi connectivity index (χ1) is 9.18. The molecular formula is C14H16NO2PS. The number of hydrogen-bond acceptors (Lipinski definition) is 3. The lowest BCUT2D eigenvalue weighted by atomic mass is 10.1. The van der Waals surface area contributed by atoms with Crippen LogP contribution in [0.4, 0.5) is 0 Å². The summed E-state index contributed by atoms with van der Waals surface area (Å²) in [6.07, 6.45) is 0. The van der Waals surface area contributed by atoms with Gasteiger partial charge in [0.1, 0.15) is 11.5 Å². The van der Waals surface area contributed by atoms with E-state index in [1.165, 1.54) is 0 Å². The Morgan fingerprint density at radius 3 is 2.00 bits per heavy atom. The van der Waals surface area contributed by atoms with Crippen LogP contribution in [0.25, 0.3) is 10.8 Å². The van der Waals surface area contributed by atoms with Crippen LogP contribution < -0.4 is 9.05 Å². The summed E-state index contributed by atoms with van der Waals surface area (Å²) in [5.41, 5.74) is 0. The molecule has 5 heteroatoms. The fourth-order valence-corrected chi connectivity index (χ4v) is 5.32. The highest BCUT2D eigenvalue weighted by Crippen LogP contribution is 2.58. The Morgan fingerprint density at radius 2 is 1.53 bits per heavy atom. The molecule has 0 unspecified atom stereocenters. The minimum Gasteiger partial charge on any atom is -0.424 e. The zero-order valence-electron chi connectivity index (χ0n) is 11.0. The largest absolute Gasteiger partial charge is 0.424 e. The van der Waals surface area contributed by atoms with Gasteiger partial charge in [-0.05, 0) is 17.5 Å². The Hall–Kier alpha value is -1.09. The molecule has 0 saturated heterocycles. The molecule has 2 aromatic rings. The van der Waals surface area contributed by atoms with Crippen LogP contribution in [0.1, 0.15) is 13.8 Å². The molecule has 0 N–H and O–H groups in total. The third kappa shape index (κ3) is 2.04. The molecule has 2 aromatic carbocycles. The highest BCUT2D eigenvalue weighted by Gasteiger charge is 2.34. The van der Waals surface area contributed by atoms with Gasteiger partial charge in [0.05, 0.1) is 5.39 Å². The molecule has 0 amide bonds. The van der Waals surface area contributed by atoms with Crippen LogP contribution in [0.3, 0.4) is 0 Å². The van der Waals surface area contributed by atoms with Gasteiger partial charge in [-0.25, -0.2) is 4.67 Å². The van der Waals surface area contributed by atoms with Gasteiger partial charge in [0.25, 0.3) is 0 Å². The molecule has 1 heterocycles. The molecule has 3 rings (SSSR count). The molecule has 3 nitrogen and oxygen atoms in total. The lowest BCUT2D eigenvalue weighted by Crippen LogP contribution is -2.26. The SMILES string of the molecule is CCN(CC)P1(=S)Oc2cccc3cccc(c23)O1. The third-order valence-corrected chi connectivity index (χ3v) is 6.59. The van der Waals surface area contributed by atoms with Crippen molar-refractivity contribution in [2.45, 2.75) is 13.8 Å². The van der Waals surface area contributed by atoms with Gasteiger partial charge in [0.15, 0.2) is 0 Å². The summed E-state index contributed by atoms with van der Waals surface area (Å²) in [6.45, 7) is 3.35. The van der Waals surface area contributed by atoms with Crippen molar-refractivity contribution in [3.8, 4) is 11.5 Å². The fraction of sp³-hybridized carbons (Fsp3) is 0.286. The normalized spacial score (nSPS) is 16.2. The zero-order valence-corrected chi connectivity index (χ0v) is 12.7. The van der Waals surface area contributed by atoms with Crippen LogP contribution in [0.15, 0.2) is 36.4 Å². The molecular weight excluding hydrogens is 277 g/mol. The minimum atomic E-state index is -2.45. The molecule has 0 aromatic heterocycles. The number of nitrogens with zero attached hydrogens (tertiary/aromatic N) is 1. The first-order valence-electron chi connectivity index (χ1n) is 6.44. The van der Waals surface area contributed by atoms with Gasteiger partial charge in [-0.3, -0.25) is 0 Å². The van der Waals surface area contributed by atoms with Crippen LogP contribution in [-0.2, 0) is 11.8 Å². The maximum Gasteiger partial charge on any atom is 0.368 e. The van der Waals surface area contributed by atoms with E-state index in [1.807, 2.05) is 24.3 Å². The van der Waals surface area contributed by atoms with Gasteiger partial charge in [0, 0.05) is 24.9 Å². The van der Waals surface area contributed by atoms with Gasteiger partial charge in [0.2, 0.25) is 0 Å². The number of hydrogen-bond donors (Lipinski definition) is 0. The average Bonchev–Trinajstić information content (AvgIpc) is 2.40. The molecule has 19 heavy (non-hydrogen) atoms. The second-order valence-electron chi connectivity index (χ2n) is 4.40. The first-order valence-corrected chi connectivity index (χ1v) is 9.03. The van der Waals surface area contributed by atoms with E-state index in [-0.39, 0.29) is 0 Å². The van der Waals surface area contributed by atoms with E-state index in [0.29, 0.717) is 0 Å². The van der Waals surface area contributed by atoms with Gasteiger partial charge in [-0.15, -0.1) is 0 Å². The lowest BCUT2D eigenvalue weighted by molar-refractivity contribution is 0.363. The molecule has 100 valence electrons. The van der Waals surface area contributed by atoms with Crippen LogP contribution in [0, 0.1) is 0 Å². The highest BCUT2D eigenvalue weighted by atomic mass is 32.5. The van der Waals surface area contributed by atoms with Crippen LogP contribution in [0.2, 0.25) is 0 Å². The van der Waals surface area contributed by atoms with Crippen molar-refractivity contribution in [2.75, 3.05) is 13.1 Å². The average molecular weight is 293 g/mol. The predicted octanol–water partition coefficient (Wildman–Crippen LogP) is 4.18. The van der Waals surface area contributed by atoms with Gasteiger partial charge in [-0.1, -0.05) is 38.1 Å². The van der Waals surface area contributed by atoms with Crippen molar-refractivity contribution < 1.29 is 9.05 Å². The second kappa shape index (κ2) is 4.78. The van der Waals surface area contributed by atoms with Crippen molar-refractivity contribution in [1.29, 1.82) is 0 Å². The summed E-state index contributed by atoms with van der Waals surface area (Å²) in [7, 11) is 0. The summed E-state index contributed by atoms with van der Waals surface area (Å²) in [5.74, 6) is 1.68. The Bertz CT molecular complexity index is 625. The van der Waals surface area contributed by atoms with E-state index in [2.05, 4.69) is 30.7 Å². The van der Waals surface area contributed by atoms with E-state index in [4.69, 9.17) is 20.9 Å². The Labute approximate surface area is 118 Å².